The van der Waals surface area contributed by atoms with Gasteiger partial charge in [0.15, 0.2) is 0 Å². The Labute approximate surface area is 202 Å². The molecule has 0 aromatic heterocycles. The van der Waals surface area contributed by atoms with Gasteiger partial charge < -0.3 is 0 Å². The molecule has 4 aliphatic rings. The smallest absolute Gasteiger partial charge is 0.0672 e. The van der Waals surface area contributed by atoms with Crippen LogP contribution in [0.3, 0.4) is 0 Å². The second-order valence-electron chi connectivity index (χ2n) is 10.5. The summed E-state index contributed by atoms with van der Waals surface area (Å²) in [6.07, 6.45) is 2.23. The molecule has 34 heavy (non-hydrogen) atoms. The molecule has 0 saturated heterocycles. The number of hydrogen-bond donors (Lipinski definition) is 2. The zero-order chi connectivity index (χ0) is 22.9. The van der Waals surface area contributed by atoms with Crippen molar-refractivity contribution >= 4 is 0 Å². The lowest BCUT2D eigenvalue weighted by molar-refractivity contribution is 0.388. The van der Waals surface area contributed by atoms with Gasteiger partial charge in [-0.1, -0.05) is 97.1 Å². The molecule has 2 nitrogen and oxygen atoms in total. The van der Waals surface area contributed by atoms with Crippen LogP contribution in [0.5, 0.6) is 0 Å². The van der Waals surface area contributed by atoms with E-state index in [-0.39, 0.29) is 11.1 Å². The molecule has 2 N–H and O–H groups in total. The van der Waals surface area contributed by atoms with Crippen LogP contribution < -0.4 is 10.6 Å². The number of hydrogen-bond acceptors (Lipinski definition) is 2. The quantitative estimate of drug-likeness (QED) is 0.334. The standard InChI is InChI=1S/2C16H15N/c2*1-16-13-8-4-2-6-11(13)10-15(17-16)12-7-3-5-9-14(12)16/h2*2-9,15,17H,10H2,1H3/t2*15-,16+/m11/s1. The first-order chi connectivity index (χ1) is 16.6. The van der Waals surface area contributed by atoms with Gasteiger partial charge in [0.05, 0.1) is 11.1 Å². The number of benzene rings is 4. The summed E-state index contributed by atoms with van der Waals surface area (Å²) in [6, 6.07) is 36.3. The van der Waals surface area contributed by atoms with Crippen molar-refractivity contribution in [2.45, 2.75) is 49.9 Å². The summed E-state index contributed by atoms with van der Waals surface area (Å²) in [5.74, 6) is 0. The first kappa shape index (κ1) is 20.2. The Balaban J connectivity index is 0.000000118. The Hall–Kier alpha value is -3.20. The molecule has 0 aliphatic carbocycles. The van der Waals surface area contributed by atoms with Crippen LogP contribution in [0.2, 0.25) is 0 Å². The number of rotatable bonds is 0. The Morgan fingerprint density at radius 3 is 1.29 bits per heavy atom. The third-order valence-corrected chi connectivity index (χ3v) is 8.64. The molecule has 168 valence electrons. The summed E-state index contributed by atoms with van der Waals surface area (Å²) in [7, 11) is 0. The topological polar surface area (TPSA) is 24.1 Å². The minimum atomic E-state index is 0.0100. The largest absolute Gasteiger partial charge is 0.297 e. The third-order valence-electron chi connectivity index (χ3n) is 8.64. The van der Waals surface area contributed by atoms with Gasteiger partial charge in [-0.25, -0.2) is 0 Å². The highest BCUT2D eigenvalue weighted by molar-refractivity contribution is 5.55. The maximum Gasteiger partial charge on any atom is 0.0672 e. The van der Waals surface area contributed by atoms with E-state index in [2.05, 4.69) is 122 Å². The summed E-state index contributed by atoms with van der Waals surface area (Å²) < 4.78 is 0. The van der Waals surface area contributed by atoms with Gasteiger partial charge in [0, 0.05) is 12.1 Å². The molecule has 4 aromatic carbocycles. The first-order valence-corrected chi connectivity index (χ1v) is 12.5. The maximum atomic E-state index is 3.79. The van der Waals surface area contributed by atoms with E-state index in [1.807, 2.05) is 0 Å². The monoisotopic (exact) mass is 442 g/mol. The predicted molar refractivity (Wildman–Crippen MR) is 138 cm³/mol. The molecule has 0 spiro atoms. The lowest BCUT2D eigenvalue weighted by Crippen LogP contribution is -2.41. The normalized spacial score (nSPS) is 28.6. The average Bonchev–Trinajstić information content (AvgIpc) is 3.26. The predicted octanol–water partition coefficient (Wildman–Crippen LogP) is 6.30. The lowest BCUT2D eigenvalue weighted by atomic mass is 9.82. The number of nitrogens with one attached hydrogen (secondary N) is 2. The molecule has 4 aliphatic heterocycles. The van der Waals surface area contributed by atoms with Crippen molar-refractivity contribution in [3.63, 3.8) is 0 Å². The van der Waals surface area contributed by atoms with Crippen LogP contribution in [-0.4, -0.2) is 0 Å². The van der Waals surface area contributed by atoms with Gasteiger partial charge in [-0.15, -0.1) is 0 Å². The summed E-state index contributed by atoms with van der Waals surface area (Å²) in [5.41, 5.74) is 11.8. The minimum absolute atomic E-state index is 0.0100. The molecule has 4 atom stereocenters. The van der Waals surface area contributed by atoms with Crippen LogP contribution in [-0.2, 0) is 23.9 Å². The molecule has 0 radical (unpaired) electrons. The molecule has 0 amide bonds. The van der Waals surface area contributed by atoms with E-state index in [1.165, 1.54) is 44.5 Å². The van der Waals surface area contributed by atoms with E-state index in [1.54, 1.807) is 0 Å². The second-order valence-corrected chi connectivity index (χ2v) is 10.5. The van der Waals surface area contributed by atoms with Gasteiger partial charge in [-0.3, -0.25) is 10.6 Å². The number of fused-ring (bicyclic) bond motifs is 14. The summed E-state index contributed by atoms with van der Waals surface area (Å²) >= 11 is 0. The highest BCUT2D eigenvalue weighted by Gasteiger charge is 2.46. The van der Waals surface area contributed by atoms with Crippen LogP contribution in [0.1, 0.15) is 70.4 Å². The molecule has 8 rings (SSSR count). The highest BCUT2D eigenvalue weighted by atomic mass is 15.1. The molecule has 4 heterocycles. The van der Waals surface area contributed by atoms with Crippen molar-refractivity contribution in [2.75, 3.05) is 0 Å². The van der Waals surface area contributed by atoms with E-state index in [0.29, 0.717) is 12.1 Å². The SMILES string of the molecule is C[C@]12N[C@H](Cc3ccccc31)c1ccccc12.C[C@]12N[C@H](Cc3ccccc31)c1ccccc12. The van der Waals surface area contributed by atoms with E-state index in [9.17, 15) is 0 Å². The van der Waals surface area contributed by atoms with Gasteiger partial charge in [0.2, 0.25) is 0 Å². The molecule has 0 unspecified atom stereocenters. The van der Waals surface area contributed by atoms with Crippen LogP contribution in [0, 0.1) is 0 Å². The van der Waals surface area contributed by atoms with Crippen LogP contribution in [0.4, 0.5) is 0 Å². The Bertz CT molecular complexity index is 1290. The Kier molecular flexibility index (Phi) is 4.25. The van der Waals surface area contributed by atoms with Gasteiger partial charge in [0.25, 0.3) is 0 Å². The van der Waals surface area contributed by atoms with Crippen molar-refractivity contribution in [1.29, 1.82) is 0 Å². The van der Waals surface area contributed by atoms with E-state index in [0.717, 1.165) is 12.8 Å². The van der Waals surface area contributed by atoms with E-state index < -0.39 is 0 Å². The third kappa shape index (κ3) is 2.70. The average molecular weight is 443 g/mol. The highest BCUT2D eigenvalue weighted by Crippen LogP contribution is 2.49. The van der Waals surface area contributed by atoms with Crippen molar-refractivity contribution in [1.82, 2.24) is 10.6 Å². The molecule has 0 fully saturated rings. The fourth-order valence-corrected chi connectivity index (χ4v) is 7.10. The Morgan fingerprint density at radius 2 is 0.853 bits per heavy atom. The molecule has 4 aromatic rings. The zero-order valence-corrected chi connectivity index (χ0v) is 19.8. The molecule has 4 bridgehead atoms. The van der Waals surface area contributed by atoms with Gasteiger partial charge in [0.1, 0.15) is 0 Å². The summed E-state index contributed by atoms with van der Waals surface area (Å²) in [5, 5.41) is 7.58. The van der Waals surface area contributed by atoms with Crippen LogP contribution in [0.25, 0.3) is 0 Å². The molecule has 0 saturated carbocycles. The summed E-state index contributed by atoms with van der Waals surface area (Å²) in [6.45, 7) is 4.62. The van der Waals surface area contributed by atoms with Crippen molar-refractivity contribution < 1.29 is 0 Å². The van der Waals surface area contributed by atoms with Crippen LogP contribution >= 0.6 is 0 Å². The zero-order valence-electron chi connectivity index (χ0n) is 19.8. The molecular weight excluding hydrogens is 412 g/mol. The minimum Gasteiger partial charge on any atom is -0.297 e. The van der Waals surface area contributed by atoms with Gasteiger partial charge in [-0.05, 0) is 71.2 Å². The fraction of sp³-hybridized carbons (Fsp3) is 0.250. The van der Waals surface area contributed by atoms with Gasteiger partial charge >= 0.3 is 0 Å². The fourth-order valence-electron chi connectivity index (χ4n) is 7.10. The molecular formula is C32H30N2. The van der Waals surface area contributed by atoms with Crippen molar-refractivity contribution in [2.24, 2.45) is 0 Å². The second kappa shape index (κ2) is 7.15. The lowest BCUT2D eigenvalue weighted by Gasteiger charge is -2.34. The van der Waals surface area contributed by atoms with Crippen molar-refractivity contribution in [3.8, 4) is 0 Å². The van der Waals surface area contributed by atoms with Gasteiger partial charge in [-0.2, -0.15) is 0 Å². The maximum absolute atomic E-state index is 3.79. The van der Waals surface area contributed by atoms with Crippen molar-refractivity contribution in [3.05, 3.63) is 142 Å². The van der Waals surface area contributed by atoms with E-state index in [4.69, 9.17) is 0 Å². The summed E-state index contributed by atoms with van der Waals surface area (Å²) in [4.78, 5) is 0. The first-order valence-electron chi connectivity index (χ1n) is 12.5. The van der Waals surface area contributed by atoms with Crippen LogP contribution in [0.15, 0.2) is 97.1 Å². The molecule has 2 heteroatoms. The Morgan fingerprint density at radius 1 is 0.500 bits per heavy atom. The van der Waals surface area contributed by atoms with E-state index >= 15 is 0 Å².